The summed E-state index contributed by atoms with van der Waals surface area (Å²) in [7, 11) is 1.67. The van der Waals surface area contributed by atoms with E-state index in [0.717, 1.165) is 56.3 Å². The van der Waals surface area contributed by atoms with Crippen LogP contribution in [-0.2, 0) is 9.59 Å². The summed E-state index contributed by atoms with van der Waals surface area (Å²) in [5.74, 6) is 0.245. The zero-order valence-corrected chi connectivity index (χ0v) is 22.0. The Morgan fingerprint density at radius 2 is 1.38 bits per heavy atom. The second kappa shape index (κ2) is 15.6. The minimum atomic E-state index is -1.26. The van der Waals surface area contributed by atoms with E-state index in [2.05, 4.69) is 76.5 Å². The number of methoxy groups -OCH3 is 1. The van der Waals surface area contributed by atoms with Crippen molar-refractivity contribution < 1.29 is 29.3 Å². The van der Waals surface area contributed by atoms with Crippen molar-refractivity contribution in [2.75, 3.05) is 38.2 Å². The fraction of sp³-hybridized carbons (Fsp3) is 0.226. The number of rotatable bonds is 11. The standard InChI is InChI=1S/C27H30N2O2.C4H4O4/c1-30-25-13-15-26(16-14-25)31-27-17-21-28(22-18-27)19-8-20-29(23-9-4-2-5-10-23)24-11-6-3-7-12-24;5-3(6)1-2-4(7)8/h2-7,9-17H,8,18-22H2,1H3;1-2H,(H,5,6)(H,7,8)/b;2-1+. The van der Waals surface area contributed by atoms with E-state index in [-0.39, 0.29) is 0 Å². The van der Waals surface area contributed by atoms with Crippen molar-refractivity contribution in [3.63, 3.8) is 0 Å². The second-order valence-electron chi connectivity index (χ2n) is 8.68. The van der Waals surface area contributed by atoms with Gasteiger partial charge in [-0.15, -0.1) is 0 Å². The Labute approximate surface area is 229 Å². The van der Waals surface area contributed by atoms with Crippen LogP contribution in [0.25, 0.3) is 0 Å². The number of carbonyl (C=O) groups is 2. The van der Waals surface area contributed by atoms with E-state index in [0.29, 0.717) is 12.2 Å². The Kier molecular flexibility index (Phi) is 11.6. The molecule has 8 heteroatoms. The van der Waals surface area contributed by atoms with Gasteiger partial charge in [0.2, 0.25) is 0 Å². The van der Waals surface area contributed by atoms with Gasteiger partial charge in [0, 0.05) is 56.1 Å². The number of hydrogen-bond acceptors (Lipinski definition) is 6. The van der Waals surface area contributed by atoms with Gasteiger partial charge in [0.05, 0.1) is 7.11 Å². The van der Waals surface area contributed by atoms with Crippen LogP contribution < -0.4 is 14.4 Å². The van der Waals surface area contributed by atoms with Gasteiger partial charge in [-0.2, -0.15) is 0 Å². The van der Waals surface area contributed by atoms with Crippen LogP contribution in [0.2, 0.25) is 0 Å². The van der Waals surface area contributed by atoms with Crippen molar-refractivity contribution in [1.82, 2.24) is 4.90 Å². The molecule has 0 aliphatic carbocycles. The van der Waals surface area contributed by atoms with Crippen LogP contribution in [0.15, 0.2) is 109 Å². The molecule has 1 aliphatic heterocycles. The number of carboxylic acids is 2. The Hall–Kier alpha value is -4.56. The van der Waals surface area contributed by atoms with Gasteiger partial charge in [-0.25, -0.2) is 9.59 Å². The number of anilines is 2. The molecule has 2 N–H and O–H groups in total. The van der Waals surface area contributed by atoms with E-state index in [1.807, 2.05) is 24.3 Å². The predicted molar refractivity (Wildman–Crippen MR) is 152 cm³/mol. The Morgan fingerprint density at radius 3 is 1.85 bits per heavy atom. The van der Waals surface area contributed by atoms with Gasteiger partial charge in [-0.1, -0.05) is 36.4 Å². The van der Waals surface area contributed by atoms with E-state index in [1.54, 1.807) is 7.11 Å². The molecule has 1 heterocycles. The highest BCUT2D eigenvalue weighted by molar-refractivity contribution is 5.89. The number of nitrogens with zero attached hydrogens (tertiary/aromatic N) is 2. The second-order valence-corrected chi connectivity index (χ2v) is 8.68. The fourth-order valence-electron chi connectivity index (χ4n) is 4.00. The van der Waals surface area contributed by atoms with Crippen molar-refractivity contribution in [2.24, 2.45) is 0 Å². The molecule has 1 aliphatic rings. The van der Waals surface area contributed by atoms with Gasteiger partial charge >= 0.3 is 11.9 Å². The van der Waals surface area contributed by atoms with Crippen LogP contribution in [0.1, 0.15) is 12.8 Å². The third-order valence-electron chi connectivity index (χ3n) is 5.92. The molecule has 0 saturated carbocycles. The summed E-state index contributed by atoms with van der Waals surface area (Å²) in [6, 6.07) is 29.0. The number of benzene rings is 3. The molecule has 3 aromatic carbocycles. The summed E-state index contributed by atoms with van der Waals surface area (Å²) in [6.07, 6.45) is 5.37. The highest BCUT2D eigenvalue weighted by Crippen LogP contribution is 2.25. The van der Waals surface area contributed by atoms with E-state index in [9.17, 15) is 9.59 Å². The number of carboxylic acid groups (broad SMARTS) is 2. The summed E-state index contributed by atoms with van der Waals surface area (Å²) in [5, 5.41) is 15.6. The first-order chi connectivity index (χ1) is 18.9. The first-order valence-corrected chi connectivity index (χ1v) is 12.7. The molecule has 0 spiro atoms. The molecule has 4 rings (SSSR count). The summed E-state index contributed by atoms with van der Waals surface area (Å²) in [5.41, 5.74) is 2.48. The minimum absolute atomic E-state index is 0.558. The molecule has 0 bridgehead atoms. The predicted octanol–water partition coefficient (Wildman–Crippen LogP) is 5.60. The molecular weight excluding hydrogens is 496 g/mol. The van der Waals surface area contributed by atoms with Crippen LogP contribution in [0.5, 0.6) is 11.5 Å². The molecule has 0 unspecified atom stereocenters. The van der Waals surface area contributed by atoms with Gasteiger partial charge in [0.15, 0.2) is 0 Å². The van der Waals surface area contributed by atoms with Gasteiger partial charge in [0.1, 0.15) is 17.3 Å². The van der Waals surface area contributed by atoms with Crippen LogP contribution in [0.3, 0.4) is 0 Å². The number of aliphatic carboxylic acids is 2. The molecule has 39 heavy (non-hydrogen) atoms. The fourth-order valence-corrected chi connectivity index (χ4v) is 4.00. The molecule has 8 nitrogen and oxygen atoms in total. The maximum absolute atomic E-state index is 9.55. The van der Waals surface area contributed by atoms with Crippen molar-refractivity contribution >= 4 is 23.3 Å². The normalized spacial score (nSPS) is 13.1. The van der Waals surface area contributed by atoms with Crippen LogP contribution in [-0.4, -0.2) is 60.3 Å². The molecule has 0 amide bonds. The monoisotopic (exact) mass is 530 g/mol. The van der Waals surface area contributed by atoms with E-state index >= 15 is 0 Å². The molecule has 0 atom stereocenters. The highest BCUT2D eigenvalue weighted by atomic mass is 16.5. The SMILES string of the molecule is COc1ccc(OC2=CCN(CCCN(c3ccccc3)c3ccccc3)CC2)cc1.O=C(O)/C=C/C(=O)O. The molecule has 0 saturated heterocycles. The average Bonchev–Trinajstić information content (AvgIpc) is 2.97. The lowest BCUT2D eigenvalue weighted by atomic mass is 10.2. The quantitative estimate of drug-likeness (QED) is 0.309. The zero-order valence-electron chi connectivity index (χ0n) is 22.0. The van der Waals surface area contributed by atoms with Crippen molar-refractivity contribution in [2.45, 2.75) is 12.8 Å². The summed E-state index contributed by atoms with van der Waals surface area (Å²) in [6.45, 7) is 4.02. The first kappa shape index (κ1) is 29.0. The number of para-hydroxylation sites is 2. The van der Waals surface area contributed by atoms with E-state index in [4.69, 9.17) is 19.7 Å². The lowest BCUT2D eigenvalue weighted by Gasteiger charge is -2.29. The summed E-state index contributed by atoms with van der Waals surface area (Å²) < 4.78 is 11.2. The lowest BCUT2D eigenvalue weighted by Crippen LogP contribution is -2.32. The first-order valence-electron chi connectivity index (χ1n) is 12.7. The van der Waals surface area contributed by atoms with Crippen LogP contribution in [0.4, 0.5) is 11.4 Å². The van der Waals surface area contributed by atoms with Crippen LogP contribution >= 0.6 is 0 Å². The highest BCUT2D eigenvalue weighted by Gasteiger charge is 2.14. The lowest BCUT2D eigenvalue weighted by molar-refractivity contribution is -0.134. The Bertz CT molecular complexity index is 1170. The number of hydrogen-bond donors (Lipinski definition) is 2. The maximum Gasteiger partial charge on any atom is 0.328 e. The van der Waals surface area contributed by atoms with Gasteiger partial charge < -0.3 is 24.6 Å². The maximum atomic E-state index is 9.55. The molecule has 0 aromatic heterocycles. The summed E-state index contributed by atoms with van der Waals surface area (Å²) >= 11 is 0. The zero-order chi connectivity index (χ0) is 27.9. The minimum Gasteiger partial charge on any atom is -0.497 e. The summed E-state index contributed by atoms with van der Waals surface area (Å²) in [4.78, 5) is 24.0. The molecular formula is C31H34N2O6. The topological polar surface area (TPSA) is 99.5 Å². The van der Waals surface area contributed by atoms with Gasteiger partial charge in [-0.05, 0) is 61.0 Å². The molecule has 204 valence electrons. The number of ether oxygens (including phenoxy) is 2. The van der Waals surface area contributed by atoms with Gasteiger partial charge in [0.25, 0.3) is 0 Å². The molecule has 3 aromatic rings. The van der Waals surface area contributed by atoms with Crippen LogP contribution in [0, 0.1) is 0 Å². The van der Waals surface area contributed by atoms with Gasteiger partial charge in [-0.3, -0.25) is 4.90 Å². The Balaban J connectivity index is 0.000000459. The van der Waals surface area contributed by atoms with Crippen molar-refractivity contribution in [1.29, 1.82) is 0 Å². The van der Waals surface area contributed by atoms with E-state index in [1.165, 1.54) is 11.4 Å². The largest absolute Gasteiger partial charge is 0.497 e. The molecule has 0 fully saturated rings. The van der Waals surface area contributed by atoms with Crippen molar-refractivity contribution in [3.05, 3.63) is 109 Å². The average molecular weight is 531 g/mol. The Morgan fingerprint density at radius 1 is 0.846 bits per heavy atom. The van der Waals surface area contributed by atoms with Crippen molar-refractivity contribution in [3.8, 4) is 11.5 Å². The third kappa shape index (κ3) is 10.4. The van der Waals surface area contributed by atoms with E-state index < -0.39 is 11.9 Å². The molecule has 0 radical (unpaired) electrons. The smallest absolute Gasteiger partial charge is 0.328 e. The third-order valence-corrected chi connectivity index (χ3v) is 5.92.